The van der Waals surface area contributed by atoms with Crippen LogP contribution >= 0.6 is 0 Å². The third-order valence-corrected chi connectivity index (χ3v) is 4.11. The summed E-state index contributed by atoms with van der Waals surface area (Å²) in [6, 6.07) is 5.59. The minimum absolute atomic E-state index is 0.171. The Kier molecular flexibility index (Phi) is 2.69. The molecule has 0 bridgehead atoms. The Balaban J connectivity index is 1.95. The normalized spacial score (nSPS) is 20.3. The SMILES string of the molecule is CC1=C(C#N)C(c2cc3c(N)nccc3o2)C2=C(COC2=O)N1. The van der Waals surface area contributed by atoms with Crippen LogP contribution in [0.1, 0.15) is 18.6 Å². The first-order chi connectivity index (χ1) is 11.1. The van der Waals surface area contributed by atoms with Crippen LogP contribution in [0.5, 0.6) is 0 Å². The molecule has 0 saturated heterocycles. The first-order valence-corrected chi connectivity index (χ1v) is 7.02. The number of esters is 1. The number of furan rings is 1. The number of dihydropyridines is 1. The summed E-state index contributed by atoms with van der Waals surface area (Å²) in [5, 5.41) is 13.3. The molecule has 2 aromatic heterocycles. The Morgan fingerprint density at radius 3 is 3.09 bits per heavy atom. The van der Waals surface area contributed by atoms with E-state index in [9.17, 15) is 10.1 Å². The average Bonchev–Trinajstić information content (AvgIpc) is 3.11. The van der Waals surface area contributed by atoms with Gasteiger partial charge in [-0.15, -0.1) is 0 Å². The number of nitrogens with one attached hydrogen (secondary N) is 1. The molecule has 0 aromatic carbocycles. The number of fused-ring (bicyclic) bond motifs is 1. The standard InChI is InChI=1S/C16H12N4O3/c1-7-9(5-17)13(14-10(20-7)6-22-16(14)21)12-4-8-11(23-12)2-3-19-15(8)18/h2-4,13,20H,6H2,1H3,(H2,18,19). The number of aromatic nitrogens is 1. The van der Waals surface area contributed by atoms with Gasteiger partial charge in [-0.1, -0.05) is 0 Å². The van der Waals surface area contributed by atoms with Crippen molar-refractivity contribution < 1.29 is 13.9 Å². The zero-order valence-corrected chi connectivity index (χ0v) is 12.2. The molecular weight excluding hydrogens is 296 g/mol. The average molecular weight is 308 g/mol. The van der Waals surface area contributed by atoms with Crippen LogP contribution < -0.4 is 11.1 Å². The number of nitrogens with zero attached hydrogens (tertiary/aromatic N) is 2. The number of ether oxygens (including phenoxy) is 1. The van der Waals surface area contributed by atoms with E-state index in [2.05, 4.69) is 16.4 Å². The summed E-state index contributed by atoms with van der Waals surface area (Å²) >= 11 is 0. The van der Waals surface area contributed by atoms with Crippen LogP contribution in [0, 0.1) is 11.3 Å². The highest BCUT2D eigenvalue weighted by Crippen LogP contribution is 2.42. The highest BCUT2D eigenvalue weighted by atomic mass is 16.5. The quantitative estimate of drug-likeness (QED) is 0.770. The van der Waals surface area contributed by atoms with Gasteiger partial charge in [-0.3, -0.25) is 0 Å². The van der Waals surface area contributed by atoms with Crippen LogP contribution in [0.15, 0.2) is 45.3 Å². The fourth-order valence-electron chi connectivity index (χ4n) is 3.05. The van der Waals surface area contributed by atoms with Gasteiger partial charge in [0.25, 0.3) is 0 Å². The molecule has 0 fully saturated rings. The van der Waals surface area contributed by atoms with Gasteiger partial charge in [-0.05, 0) is 19.1 Å². The number of allylic oxidation sites excluding steroid dienone is 2. The smallest absolute Gasteiger partial charge is 0.337 e. The minimum Gasteiger partial charge on any atom is -0.460 e. The summed E-state index contributed by atoms with van der Waals surface area (Å²) in [6.45, 7) is 1.96. The highest BCUT2D eigenvalue weighted by Gasteiger charge is 2.40. The number of carbonyl (C=O) groups is 1. The van der Waals surface area contributed by atoms with Crippen LogP contribution in [0.2, 0.25) is 0 Å². The molecule has 0 aliphatic carbocycles. The van der Waals surface area contributed by atoms with Gasteiger partial charge in [0.1, 0.15) is 23.8 Å². The van der Waals surface area contributed by atoms with Crippen molar-refractivity contribution in [2.24, 2.45) is 0 Å². The Morgan fingerprint density at radius 1 is 1.52 bits per heavy atom. The molecule has 1 atom stereocenters. The van der Waals surface area contributed by atoms with Gasteiger partial charge < -0.3 is 20.2 Å². The zero-order valence-electron chi connectivity index (χ0n) is 12.2. The first kappa shape index (κ1) is 13.4. The summed E-state index contributed by atoms with van der Waals surface area (Å²) in [6.07, 6.45) is 1.55. The van der Waals surface area contributed by atoms with Crippen molar-refractivity contribution in [1.82, 2.24) is 10.3 Å². The number of anilines is 1. The molecule has 0 spiro atoms. The molecule has 4 heterocycles. The Morgan fingerprint density at radius 2 is 2.35 bits per heavy atom. The van der Waals surface area contributed by atoms with Gasteiger partial charge in [0.2, 0.25) is 0 Å². The predicted molar refractivity (Wildman–Crippen MR) is 80.6 cm³/mol. The Hall–Kier alpha value is -3.27. The molecule has 2 aliphatic rings. The van der Waals surface area contributed by atoms with Crippen molar-refractivity contribution in [3.63, 3.8) is 0 Å². The molecule has 7 heteroatoms. The van der Waals surface area contributed by atoms with Crippen molar-refractivity contribution in [2.45, 2.75) is 12.8 Å². The summed E-state index contributed by atoms with van der Waals surface area (Å²) < 4.78 is 11.0. The van der Waals surface area contributed by atoms with E-state index in [1.807, 2.05) is 0 Å². The molecule has 2 aliphatic heterocycles. The lowest BCUT2D eigenvalue weighted by Crippen LogP contribution is -2.25. The van der Waals surface area contributed by atoms with Gasteiger partial charge in [0.05, 0.1) is 34.2 Å². The summed E-state index contributed by atoms with van der Waals surface area (Å²) in [5.74, 6) is -0.223. The van der Waals surface area contributed by atoms with E-state index in [0.717, 1.165) is 0 Å². The van der Waals surface area contributed by atoms with Crippen LogP contribution in [-0.4, -0.2) is 17.6 Å². The topological polar surface area (TPSA) is 114 Å². The lowest BCUT2D eigenvalue weighted by molar-refractivity contribution is -0.136. The number of nitrogen functional groups attached to an aromatic ring is 1. The zero-order chi connectivity index (χ0) is 16.1. The molecular formula is C16H12N4O3. The fraction of sp³-hybridized carbons (Fsp3) is 0.188. The Bertz CT molecular complexity index is 961. The second-order valence-corrected chi connectivity index (χ2v) is 5.43. The monoisotopic (exact) mass is 308 g/mol. The number of hydrogen-bond acceptors (Lipinski definition) is 7. The maximum atomic E-state index is 12.1. The third kappa shape index (κ3) is 1.82. The number of rotatable bonds is 1. The molecule has 1 unspecified atom stereocenters. The van der Waals surface area contributed by atoms with Gasteiger partial charge in [0.15, 0.2) is 0 Å². The molecule has 23 heavy (non-hydrogen) atoms. The number of nitrogens with two attached hydrogens (primary N) is 1. The fourth-order valence-corrected chi connectivity index (χ4v) is 3.05. The van der Waals surface area contributed by atoms with Crippen molar-refractivity contribution in [3.8, 4) is 6.07 Å². The molecule has 0 amide bonds. The maximum absolute atomic E-state index is 12.1. The van der Waals surface area contributed by atoms with E-state index in [0.29, 0.717) is 45.1 Å². The largest absolute Gasteiger partial charge is 0.460 e. The number of cyclic esters (lactones) is 1. The van der Waals surface area contributed by atoms with E-state index >= 15 is 0 Å². The first-order valence-electron chi connectivity index (χ1n) is 7.02. The van der Waals surface area contributed by atoms with E-state index in [1.165, 1.54) is 0 Å². The number of carbonyl (C=O) groups excluding carboxylic acids is 1. The van der Waals surface area contributed by atoms with Crippen molar-refractivity contribution >= 4 is 22.8 Å². The van der Waals surface area contributed by atoms with E-state index in [-0.39, 0.29) is 6.61 Å². The number of pyridine rings is 1. The Labute approximate surface area is 131 Å². The second kappa shape index (κ2) is 4.61. The maximum Gasteiger partial charge on any atom is 0.337 e. The minimum atomic E-state index is -0.599. The third-order valence-electron chi connectivity index (χ3n) is 4.11. The summed E-state index contributed by atoms with van der Waals surface area (Å²) in [7, 11) is 0. The second-order valence-electron chi connectivity index (χ2n) is 5.43. The van der Waals surface area contributed by atoms with E-state index < -0.39 is 11.9 Å². The lowest BCUT2D eigenvalue weighted by atomic mass is 9.85. The van der Waals surface area contributed by atoms with Gasteiger partial charge >= 0.3 is 5.97 Å². The van der Waals surface area contributed by atoms with Crippen molar-refractivity contribution in [1.29, 1.82) is 5.26 Å². The van der Waals surface area contributed by atoms with Crippen molar-refractivity contribution in [3.05, 3.63) is 46.6 Å². The summed E-state index contributed by atoms with van der Waals surface area (Å²) in [5.41, 5.74) is 8.62. The summed E-state index contributed by atoms with van der Waals surface area (Å²) in [4.78, 5) is 16.1. The highest BCUT2D eigenvalue weighted by molar-refractivity contribution is 5.96. The predicted octanol–water partition coefficient (Wildman–Crippen LogP) is 1.71. The van der Waals surface area contributed by atoms with E-state index in [4.69, 9.17) is 14.9 Å². The molecule has 7 nitrogen and oxygen atoms in total. The molecule has 0 radical (unpaired) electrons. The molecule has 4 rings (SSSR count). The lowest BCUT2D eigenvalue weighted by Gasteiger charge is -2.23. The van der Waals surface area contributed by atoms with Gasteiger partial charge in [-0.25, -0.2) is 9.78 Å². The van der Waals surface area contributed by atoms with Gasteiger partial charge in [-0.2, -0.15) is 5.26 Å². The van der Waals surface area contributed by atoms with Crippen molar-refractivity contribution in [2.75, 3.05) is 12.3 Å². The molecule has 0 saturated carbocycles. The van der Waals surface area contributed by atoms with Crippen LogP contribution in [0.25, 0.3) is 11.0 Å². The van der Waals surface area contributed by atoms with Crippen LogP contribution in [-0.2, 0) is 9.53 Å². The number of nitriles is 1. The van der Waals surface area contributed by atoms with Gasteiger partial charge in [0, 0.05) is 11.9 Å². The van der Waals surface area contributed by atoms with E-state index in [1.54, 1.807) is 25.3 Å². The molecule has 3 N–H and O–H groups in total. The molecule has 2 aromatic rings. The number of hydrogen-bond donors (Lipinski definition) is 2. The molecule has 114 valence electrons. The van der Waals surface area contributed by atoms with Crippen LogP contribution in [0.3, 0.4) is 0 Å². The van der Waals surface area contributed by atoms with Crippen LogP contribution in [0.4, 0.5) is 5.82 Å².